The summed E-state index contributed by atoms with van der Waals surface area (Å²) in [5.74, 6) is 0.420. The van der Waals surface area contributed by atoms with E-state index in [0.717, 1.165) is 5.56 Å². The van der Waals surface area contributed by atoms with Crippen LogP contribution in [0.1, 0.15) is 70.1 Å². The first kappa shape index (κ1) is 19.2. The predicted molar refractivity (Wildman–Crippen MR) is 94.5 cm³/mol. The number of aromatic carboxylic acids is 2. The van der Waals surface area contributed by atoms with Crippen molar-refractivity contribution in [3.8, 4) is 0 Å². The minimum absolute atomic E-state index is 0.0814. The van der Waals surface area contributed by atoms with Gasteiger partial charge in [0, 0.05) is 28.0 Å². The second kappa shape index (κ2) is 7.00. The second-order valence-electron chi connectivity index (χ2n) is 6.89. The number of hydrogen-bond donors (Lipinski definition) is 2. The molecule has 0 saturated heterocycles. The van der Waals surface area contributed by atoms with E-state index >= 15 is 0 Å². The Hall–Kier alpha value is -2.15. The van der Waals surface area contributed by atoms with E-state index in [0.29, 0.717) is 34.3 Å². The number of carbonyl (C=O) groups is 2. The van der Waals surface area contributed by atoms with Gasteiger partial charge in [-0.2, -0.15) is 11.8 Å². The Balaban J connectivity index is 2.21. The zero-order valence-corrected chi connectivity index (χ0v) is 15.7. The summed E-state index contributed by atoms with van der Waals surface area (Å²) in [7, 11) is 0. The second-order valence-corrected chi connectivity index (χ2v) is 7.87. The summed E-state index contributed by atoms with van der Waals surface area (Å²) in [5, 5.41) is 18.5. The zero-order chi connectivity index (χ0) is 18.9. The van der Waals surface area contributed by atoms with Crippen LogP contribution in [0.2, 0.25) is 0 Å². The van der Waals surface area contributed by atoms with E-state index in [1.807, 2.05) is 20.8 Å². The molecule has 6 nitrogen and oxygen atoms in total. The molecule has 0 aliphatic carbocycles. The van der Waals surface area contributed by atoms with Crippen LogP contribution in [0.5, 0.6) is 0 Å². The van der Waals surface area contributed by atoms with Gasteiger partial charge in [0.2, 0.25) is 5.76 Å². The van der Waals surface area contributed by atoms with Gasteiger partial charge in [-0.3, -0.25) is 0 Å². The SMILES string of the molecule is Cc1oc(C)c(C(=O)O)c1CSCc1cc(C(=O)O)oc1C(C)(C)C. The summed E-state index contributed by atoms with van der Waals surface area (Å²) in [6.45, 7) is 9.25. The molecule has 2 N–H and O–H groups in total. The first-order chi connectivity index (χ1) is 11.5. The molecule has 0 bridgehead atoms. The highest BCUT2D eigenvalue weighted by molar-refractivity contribution is 7.97. The van der Waals surface area contributed by atoms with E-state index in [-0.39, 0.29) is 16.7 Å². The molecular formula is C18H22O6S. The minimum Gasteiger partial charge on any atom is -0.478 e. The van der Waals surface area contributed by atoms with Crippen molar-refractivity contribution in [3.05, 3.63) is 45.8 Å². The van der Waals surface area contributed by atoms with Crippen molar-refractivity contribution in [3.63, 3.8) is 0 Å². The van der Waals surface area contributed by atoms with Crippen molar-refractivity contribution in [1.82, 2.24) is 0 Å². The van der Waals surface area contributed by atoms with E-state index < -0.39 is 11.9 Å². The molecule has 2 aromatic heterocycles. The van der Waals surface area contributed by atoms with E-state index in [2.05, 4.69) is 0 Å². The molecule has 0 aliphatic rings. The summed E-state index contributed by atoms with van der Waals surface area (Å²) >= 11 is 1.50. The fourth-order valence-electron chi connectivity index (χ4n) is 2.72. The van der Waals surface area contributed by atoms with Gasteiger partial charge >= 0.3 is 11.9 Å². The molecule has 25 heavy (non-hydrogen) atoms. The number of carboxylic acid groups (broad SMARTS) is 2. The fraction of sp³-hybridized carbons (Fsp3) is 0.444. The monoisotopic (exact) mass is 366 g/mol. The van der Waals surface area contributed by atoms with Crippen LogP contribution in [0.15, 0.2) is 14.9 Å². The third-order valence-corrected chi connectivity index (χ3v) is 4.81. The molecule has 0 fully saturated rings. The van der Waals surface area contributed by atoms with E-state index in [4.69, 9.17) is 13.9 Å². The normalized spacial score (nSPS) is 11.7. The molecule has 0 atom stereocenters. The van der Waals surface area contributed by atoms with Crippen LogP contribution in [0, 0.1) is 13.8 Å². The summed E-state index contributed by atoms with van der Waals surface area (Å²) in [6.07, 6.45) is 0. The molecule has 0 unspecified atom stereocenters. The predicted octanol–water partition coefficient (Wildman–Crippen LogP) is 4.62. The van der Waals surface area contributed by atoms with Crippen molar-refractivity contribution in [2.45, 2.75) is 51.5 Å². The Labute approximate surface area is 150 Å². The molecule has 2 aromatic rings. The van der Waals surface area contributed by atoms with Gasteiger partial charge in [0.15, 0.2) is 0 Å². The zero-order valence-electron chi connectivity index (χ0n) is 14.9. The Morgan fingerprint density at radius 1 is 1.04 bits per heavy atom. The highest BCUT2D eigenvalue weighted by Gasteiger charge is 2.26. The molecule has 2 rings (SSSR count). The van der Waals surface area contributed by atoms with Crippen LogP contribution >= 0.6 is 11.8 Å². The third-order valence-electron chi connectivity index (χ3n) is 3.80. The summed E-state index contributed by atoms with van der Waals surface area (Å²) in [4.78, 5) is 22.6. The fourth-order valence-corrected chi connectivity index (χ4v) is 3.81. The maximum absolute atomic E-state index is 11.4. The van der Waals surface area contributed by atoms with Gasteiger partial charge in [0.25, 0.3) is 0 Å². The van der Waals surface area contributed by atoms with Crippen LogP contribution in [0.3, 0.4) is 0 Å². The number of carboxylic acids is 2. The first-order valence-electron chi connectivity index (χ1n) is 7.78. The molecule has 2 heterocycles. The largest absolute Gasteiger partial charge is 0.478 e. The summed E-state index contributed by atoms with van der Waals surface area (Å²) < 4.78 is 10.9. The molecule has 0 aliphatic heterocycles. The number of rotatable bonds is 6. The molecule has 0 spiro atoms. The van der Waals surface area contributed by atoms with Crippen molar-refractivity contribution < 1.29 is 28.6 Å². The smallest absolute Gasteiger partial charge is 0.371 e. The van der Waals surface area contributed by atoms with Gasteiger partial charge in [0.1, 0.15) is 22.8 Å². The van der Waals surface area contributed by atoms with Crippen molar-refractivity contribution in [2.24, 2.45) is 0 Å². The van der Waals surface area contributed by atoms with Gasteiger partial charge in [0.05, 0.1) is 0 Å². The molecule has 7 heteroatoms. The highest BCUT2D eigenvalue weighted by Crippen LogP contribution is 2.33. The number of thioether (sulfide) groups is 1. The van der Waals surface area contributed by atoms with Crippen LogP contribution in [0.4, 0.5) is 0 Å². The van der Waals surface area contributed by atoms with Crippen molar-refractivity contribution >= 4 is 23.7 Å². The quantitative estimate of drug-likeness (QED) is 0.769. The first-order valence-corrected chi connectivity index (χ1v) is 8.94. The average Bonchev–Trinajstić information content (AvgIpc) is 3.00. The molecule has 136 valence electrons. The van der Waals surface area contributed by atoms with Crippen LogP contribution in [-0.2, 0) is 16.9 Å². The average molecular weight is 366 g/mol. The standard InChI is InChI=1S/C18H22O6S/c1-9-12(14(17(21)22)10(2)23-9)8-25-7-11-6-13(16(19)20)24-15(11)18(3,4)5/h6H,7-8H2,1-5H3,(H,19,20)(H,21,22). The van der Waals surface area contributed by atoms with Crippen LogP contribution < -0.4 is 0 Å². The lowest BCUT2D eigenvalue weighted by Gasteiger charge is -2.17. The molecule has 0 aromatic carbocycles. The Kier molecular flexibility index (Phi) is 5.37. The lowest BCUT2D eigenvalue weighted by Crippen LogP contribution is -2.12. The summed E-state index contributed by atoms with van der Waals surface area (Å²) in [6, 6.07) is 1.54. The minimum atomic E-state index is -1.10. The van der Waals surface area contributed by atoms with Crippen molar-refractivity contribution in [1.29, 1.82) is 0 Å². The number of hydrogen-bond acceptors (Lipinski definition) is 5. The lowest BCUT2D eigenvalue weighted by molar-refractivity contribution is 0.0656. The van der Waals surface area contributed by atoms with Crippen LogP contribution in [0.25, 0.3) is 0 Å². The van der Waals surface area contributed by atoms with Gasteiger partial charge < -0.3 is 19.0 Å². The molecular weight excluding hydrogens is 344 g/mol. The van der Waals surface area contributed by atoms with Gasteiger partial charge in [-0.25, -0.2) is 9.59 Å². The lowest BCUT2D eigenvalue weighted by atomic mass is 9.91. The van der Waals surface area contributed by atoms with E-state index in [9.17, 15) is 14.7 Å². The third kappa shape index (κ3) is 4.10. The van der Waals surface area contributed by atoms with Crippen LogP contribution in [-0.4, -0.2) is 22.2 Å². The maximum Gasteiger partial charge on any atom is 0.371 e. The molecule has 0 radical (unpaired) electrons. The number of aryl methyl sites for hydroxylation is 2. The Morgan fingerprint density at radius 2 is 1.68 bits per heavy atom. The van der Waals surface area contributed by atoms with Gasteiger partial charge in [-0.1, -0.05) is 20.8 Å². The van der Waals surface area contributed by atoms with Gasteiger partial charge in [-0.05, 0) is 19.9 Å². The summed E-state index contributed by atoms with van der Waals surface area (Å²) in [5.41, 5.74) is 1.36. The van der Waals surface area contributed by atoms with E-state index in [1.165, 1.54) is 11.8 Å². The van der Waals surface area contributed by atoms with Crippen molar-refractivity contribution in [2.75, 3.05) is 0 Å². The molecule has 0 amide bonds. The van der Waals surface area contributed by atoms with Gasteiger partial charge in [-0.15, -0.1) is 0 Å². The molecule has 0 saturated carbocycles. The topological polar surface area (TPSA) is 101 Å². The van der Waals surface area contributed by atoms with E-state index in [1.54, 1.807) is 19.9 Å². The highest BCUT2D eigenvalue weighted by atomic mass is 32.2. The Bertz CT molecular complexity index is 806. The maximum atomic E-state index is 11.4. The Morgan fingerprint density at radius 3 is 2.20 bits per heavy atom. The number of furan rings is 2.